The zero-order valence-corrected chi connectivity index (χ0v) is 11.7. The van der Waals surface area contributed by atoms with Crippen LogP contribution in [-0.4, -0.2) is 41.4 Å². The molecule has 0 saturated carbocycles. The third kappa shape index (κ3) is 2.24. The standard InChI is InChI=1S/C15H18N2O3/c1-15(2)14(19)17(9-13(18)16-15)8-11-7-10-5-3-4-6-12(10)20-11/h3-6,11H,7-9H2,1-2H3,(H,16,18). The van der Waals surface area contributed by atoms with Gasteiger partial charge in [-0.3, -0.25) is 9.59 Å². The van der Waals surface area contributed by atoms with Crippen LogP contribution < -0.4 is 10.1 Å². The van der Waals surface area contributed by atoms with Crippen LogP contribution in [0.3, 0.4) is 0 Å². The minimum atomic E-state index is -0.833. The molecular formula is C15H18N2O3. The minimum Gasteiger partial charge on any atom is -0.488 e. The molecule has 0 aromatic heterocycles. The van der Waals surface area contributed by atoms with Crippen LogP contribution in [0.25, 0.3) is 0 Å². The fraction of sp³-hybridized carbons (Fsp3) is 0.467. The summed E-state index contributed by atoms with van der Waals surface area (Å²) in [5, 5.41) is 2.71. The molecule has 3 rings (SSSR count). The van der Waals surface area contributed by atoms with Crippen LogP contribution in [0.4, 0.5) is 0 Å². The summed E-state index contributed by atoms with van der Waals surface area (Å²) in [6, 6.07) is 7.88. The van der Waals surface area contributed by atoms with E-state index in [1.807, 2.05) is 24.3 Å². The molecule has 5 nitrogen and oxygen atoms in total. The number of para-hydroxylation sites is 1. The quantitative estimate of drug-likeness (QED) is 0.865. The molecule has 1 aromatic carbocycles. The Labute approximate surface area is 117 Å². The van der Waals surface area contributed by atoms with Crippen molar-refractivity contribution < 1.29 is 14.3 Å². The van der Waals surface area contributed by atoms with Crippen molar-refractivity contribution in [1.29, 1.82) is 0 Å². The van der Waals surface area contributed by atoms with Gasteiger partial charge in [0.15, 0.2) is 0 Å². The Morgan fingerprint density at radius 3 is 2.85 bits per heavy atom. The summed E-state index contributed by atoms with van der Waals surface area (Å²) in [5.41, 5.74) is 0.325. The van der Waals surface area contributed by atoms with Crippen molar-refractivity contribution in [2.75, 3.05) is 13.1 Å². The second kappa shape index (κ2) is 4.51. The fourth-order valence-electron chi connectivity index (χ4n) is 2.83. The summed E-state index contributed by atoms with van der Waals surface area (Å²) in [6.45, 7) is 4.01. The third-order valence-electron chi connectivity index (χ3n) is 3.75. The molecule has 0 aliphatic carbocycles. The van der Waals surface area contributed by atoms with Crippen LogP contribution in [0.5, 0.6) is 5.75 Å². The number of ether oxygens (including phenoxy) is 1. The highest BCUT2D eigenvalue weighted by atomic mass is 16.5. The molecule has 2 aliphatic heterocycles. The predicted octanol–water partition coefficient (Wildman–Crippen LogP) is 0.727. The lowest BCUT2D eigenvalue weighted by Gasteiger charge is -2.38. The number of nitrogens with zero attached hydrogens (tertiary/aromatic N) is 1. The van der Waals surface area contributed by atoms with E-state index in [4.69, 9.17) is 4.74 Å². The molecular weight excluding hydrogens is 256 g/mol. The van der Waals surface area contributed by atoms with Gasteiger partial charge in [-0.05, 0) is 25.5 Å². The second-order valence-electron chi connectivity index (χ2n) is 5.91. The average molecular weight is 274 g/mol. The van der Waals surface area contributed by atoms with Crippen LogP contribution in [0.2, 0.25) is 0 Å². The summed E-state index contributed by atoms with van der Waals surface area (Å²) in [5.74, 6) is 0.701. The molecule has 1 unspecified atom stereocenters. The van der Waals surface area contributed by atoms with Crippen molar-refractivity contribution in [2.45, 2.75) is 31.9 Å². The molecule has 1 fully saturated rings. The molecule has 20 heavy (non-hydrogen) atoms. The Hall–Kier alpha value is -2.04. The molecule has 5 heteroatoms. The van der Waals surface area contributed by atoms with Gasteiger partial charge in [0.2, 0.25) is 11.8 Å². The lowest BCUT2D eigenvalue weighted by Crippen LogP contribution is -2.64. The Balaban J connectivity index is 1.70. The second-order valence-corrected chi connectivity index (χ2v) is 5.91. The van der Waals surface area contributed by atoms with E-state index in [0.29, 0.717) is 6.54 Å². The molecule has 1 aromatic rings. The number of fused-ring (bicyclic) bond motifs is 1. The van der Waals surface area contributed by atoms with Gasteiger partial charge in [0, 0.05) is 6.42 Å². The highest BCUT2D eigenvalue weighted by Gasteiger charge is 2.40. The van der Waals surface area contributed by atoms with E-state index in [9.17, 15) is 9.59 Å². The van der Waals surface area contributed by atoms with Crippen molar-refractivity contribution in [3.8, 4) is 5.75 Å². The number of hydrogen-bond acceptors (Lipinski definition) is 3. The maximum Gasteiger partial charge on any atom is 0.248 e. The Morgan fingerprint density at radius 2 is 2.10 bits per heavy atom. The van der Waals surface area contributed by atoms with E-state index in [-0.39, 0.29) is 24.5 Å². The highest BCUT2D eigenvalue weighted by Crippen LogP contribution is 2.29. The number of benzene rings is 1. The maximum atomic E-state index is 12.3. The molecule has 1 saturated heterocycles. The number of carbonyl (C=O) groups is 2. The van der Waals surface area contributed by atoms with Crippen molar-refractivity contribution in [3.05, 3.63) is 29.8 Å². The van der Waals surface area contributed by atoms with Crippen LogP contribution in [-0.2, 0) is 16.0 Å². The van der Waals surface area contributed by atoms with Crippen LogP contribution in [0.1, 0.15) is 19.4 Å². The number of rotatable bonds is 2. The van der Waals surface area contributed by atoms with Gasteiger partial charge in [-0.2, -0.15) is 0 Å². The molecule has 1 atom stereocenters. The van der Waals surface area contributed by atoms with Crippen molar-refractivity contribution in [1.82, 2.24) is 10.2 Å². The topological polar surface area (TPSA) is 58.6 Å². The summed E-state index contributed by atoms with van der Waals surface area (Å²) in [4.78, 5) is 25.6. The Kier molecular flexibility index (Phi) is 2.92. The van der Waals surface area contributed by atoms with Gasteiger partial charge in [0.1, 0.15) is 17.4 Å². The van der Waals surface area contributed by atoms with E-state index in [1.165, 1.54) is 0 Å². The van der Waals surface area contributed by atoms with E-state index < -0.39 is 5.54 Å². The lowest BCUT2D eigenvalue weighted by molar-refractivity contribution is -0.149. The number of piperazine rings is 1. The monoisotopic (exact) mass is 274 g/mol. The maximum absolute atomic E-state index is 12.3. The summed E-state index contributed by atoms with van der Waals surface area (Å²) >= 11 is 0. The first kappa shape index (κ1) is 13.0. The molecule has 1 N–H and O–H groups in total. The fourth-order valence-corrected chi connectivity index (χ4v) is 2.83. The predicted molar refractivity (Wildman–Crippen MR) is 73.4 cm³/mol. The Bertz CT molecular complexity index is 543. The zero-order valence-electron chi connectivity index (χ0n) is 11.7. The van der Waals surface area contributed by atoms with Crippen LogP contribution in [0, 0.1) is 0 Å². The summed E-state index contributed by atoms with van der Waals surface area (Å²) in [6.07, 6.45) is 0.709. The van der Waals surface area contributed by atoms with Crippen molar-refractivity contribution in [3.63, 3.8) is 0 Å². The molecule has 0 spiro atoms. The van der Waals surface area contributed by atoms with Gasteiger partial charge in [0.25, 0.3) is 0 Å². The normalized spacial score (nSPS) is 24.1. The van der Waals surface area contributed by atoms with Gasteiger partial charge in [0.05, 0.1) is 13.1 Å². The first-order valence-electron chi connectivity index (χ1n) is 6.81. The molecule has 2 heterocycles. The zero-order chi connectivity index (χ0) is 14.3. The smallest absolute Gasteiger partial charge is 0.248 e. The van der Waals surface area contributed by atoms with Gasteiger partial charge in [-0.25, -0.2) is 0 Å². The van der Waals surface area contributed by atoms with Gasteiger partial charge >= 0.3 is 0 Å². The molecule has 0 bridgehead atoms. The van der Waals surface area contributed by atoms with Crippen molar-refractivity contribution >= 4 is 11.8 Å². The molecule has 106 valence electrons. The molecule has 0 radical (unpaired) electrons. The average Bonchev–Trinajstić information content (AvgIpc) is 2.77. The largest absolute Gasteiger partial charge is 0.488 e. The van der Waals surface area contributed by atoms with E-state index in [2.05, 4.69) is 5.32 Å². The van der Waals surface area contributed by atoms with E-state index in [0.717, 1.165) is 17.7 Å². The SMILES string of the molecule is CC1(C)NC(=O)CN(CC2Cc3ccccc3O2)C1=O. The van der Waals surface area contributed by atoms with Crippen molar-refractivity contribution in [2.24, 2.45) is 0 Å². The Morgan fingerprint density at radius 1 is 1.35 bits per heavy atom. The number of nitrogens with one attached hydrogen (secondary N) is 1. The third-order valence-corrected chi connectivity index (χ3v) is 3.75. The summed E-state index contributed by atoms with van der Waals surface area (Å²) < 4.78 is 5.84. The van der Waals surface area contributed by atoms with E-state index >= 15 is 0 Å². The molecule has 2 amide bonds. The first-order valence-corrected chi connectivity index (χ1v) is 6.81. The number of amides is 2. The lowest BCUT2D eigenvalue weighted by atomic mass is 10.00. The minimum absolute atomic E-state index is 0.0587. The highest BCUT2D eigenvalue weighted by molar-refractivity contribution is 5.97. The van der Waals surface area contributed by atoms with Gasteiger partial charge < -0.3 is 15.0 Å². The van der Waals surface area contributed by atoms with Gasteiger partial charge in [-0.15, -0.1) is 0 Å². The molecule has 2 aliphatic rings. The summed E-state index contributed by atoms with van der Waals surface area (Å²) in [7, 11) is 0. The van der Waals surface area contributed by atoms with Crippen LogP contribution >= 0.6 is 0 Å². The van der Waals surface area contributed by atoms with E-state index in [1.54, 1.807) is 18.7 Å². The first-order chi connectivity index (χ1) is 9.45. The number of hydrogen-bond donors (Lipinski definition) is 1. The van der Waals surface area contributed by atoms with Crippen LogP contribution in [0.15, 0.2) is 24.3 Å². The van der Waals surface area contributed by atoms with Gasteiger partial charge in [-0.1, -0.05) is 18.2 Å². The number of carbonyl (C=O) groups excluding carboxylic acids is 2.